The fourth-order valence-electron chi connectivity index (χ4n) is 2.62. The maximum atomic E-state index is 6.32. The number of aromatic nitrogens is 3. The third-order valence-corrected chi connectivity index (χ3v) is 3.97. The Morgan fingerprint density at radius 2 is 1.92 bits per heavy atom. The van der Waals surface area contributed by atoms with E-state index in [4.69, 9.17) is 19.9 Å². The minimum Gasteiger partial charge on any atom is -0.497 e. The highest BCUT2D eigenvalue weighted by molar-refractivity contribution is 5.61. The van der Waals surface area contributed by atoms with Crippen LogP contribution in [-0.4, -0.2) is 36.0 Å². The molecular weight excluding hydrogens is 332 g/mol. The van der Waals surface area contributed by atoms with E-state index >= 15 is 0 Å². The molecule has 0 fully saturated rings. The summed E-state index contributed by atoms with van der Waals surface area (Å²) in [5.41, 5.74) is 8.02. The van der Waals surface area contributed by atoms with Crippen molar-refractivity contribution >= 4 is 0 Å². The quantitative estimate of drug-likeness (QED) is 0.677. The van der Waals surface area contributed by atoms with Gasteiger partial charge in [-0.2, -0.15) is 5.10 Å². The van der Waals surface area contributed by atoms with Gasteiger partial charge < -0.3 is 19.9 Å². The Kier molecular flexibility index (Phi) is 5.38. The number of H-pyrrole nitrogens is 1. The highest BCUT2D eigenvalue weighted by Gasteiger charge is 2.16. The Bertz CT molecular complexity index is 879. The molecule has 0 bridgehead atoms. The molecule has 0 spiro atoms. The van der Waals surface area contributed by atoms with E-state index in [1.807, 2.05) is 49.4 Å². The molecule has 3 rings (SSSR count). The zero-order valence-electron chi connectivity index (χ0n) is 15.0. The standard InChI is InChI=1S/C19H22N4O3/c1-4-26-16-11-13(8-9-15(16)25-3)18-21-19(23-22-18)17(20)12-6-5-7-14(10-12)24-2/h5-11,17H,4,20H2,1-3H3,(H,21,22,23)/t17-/m0/s1. The van der Waals surface area contributed by atoms with Gasteiger partial charge in [0.15, 0.2) is 17.3 Å². The van der Waals surface area contributed by atoms with Crippen LogP contribution in [0.3, 0.4) is 0 Å². The lowest BCUT2D eigenvalue weighted by Crippen LogP contribution is -2.13. The maximum Gasteiger partial charge on any atom is 0.181 e. The Morgan fingerprint density at radius 1 is 1.08 bits per heavy atom. The van der Waals surface area contributed by atoms with Crippen LogP contribution in [0, 0.1) is 0 Å². The Hall–Kier alpha value is -3.06. The van der Waals surface area contributed by atoms with Gasteiger partial charge in [-0.05, 0) is 42.8 Å². The normalized spacial score (nSPS) is 11.8. The van der Waals surface area contributed by atoms with Gasteiger partial charge >= 0.3 is 0 Å². The molecule has 3 N–H and O–H groups in total. The molecule has 136 valence electrons. The first-order chi connectivity index (χ1) is 12.7. The van der Waals surface area contributed by atoms with Crippen molar-refractivity contribution in [1.82, 2.24) is 15.2 Å². The lowest BCUT2D eigenvalue weighted by atomic mass is 10.1. The first-order valence-corrected chi connectivity index (χ1v) is 8.29. The number of nitrogens with one attached hydrogen (secondary N) is 1. The molecule has 0 unspecified atom stereocenters. The smallest absolute Gasteiger partial charge is 0.181 e. The highest BCUT2D eigenvalue weighted by Crippen LogP contribution is 2.32. The Labute approximate surface area is 152 Å². The Morgan fingerprint density at radius 3 is 2.65 bits per heavy atom. The number of rotatable bonds is 7. The number of ether oxygens (including phenoxy) is 3. The first-order valence-electron chi connectivity index (χ1n) is 8.29. The summed E-state index contributed by atoms with van der Waals surface area (Å²) in [6.07, 6.45) is 0. The van der Waals surface area contributed by atoms with Gasteiger partial charge in [0.2, 0.25) is 0 Å². The molecule has 0 saturated carbocycles. The molecule has 1 aromatic heterocycles. The Balaban J connectivity index is 1.88. The fourth-order valence-corrected chi connectivity index (χ4v) is 2.62. The van der Waals surface area contributed by atoms with Gasteiger partial charge in [-0.15, -0.1) is 0 Å². The summed E-state index contributed by atoms with van der Waals surface area (Å²) in [6.45, 7) is 2.46. The predicted octanol–water partition coefficient (Wildman–Crippen LogP) is 2.94. The number of methoxy groups -OCH3 is 2. The molecule has 2 aromatic carbocycles. The zero-order valence-corrected chi connectivity index (χ0v) is 15.0. The SMILES string of the molecule is CCOc1cc(-c2n[nH]c([C@@H](N)c3cccc(OC)c3)n2)ccc1OC. The van der Waals surface area contributed by atoms with E-state index in [-0.39, 0.29) is 0 Å². The molecule has 0 amide bonds. The second kappa shape index (κ2) is 7.88. The van der Waals surface area contributed by atoms with Crippen molar-refractivity contribution in [3.8, 4) is 28.6 Å². The molecule has 0 aliphatic rings. The summed E-state index contributed by atoms with van der Waals surface area (Å²) in [7, 11) is 3.23. The fraction of sp³-hybridized carbons (Fsp3) is 0.263. The molecule has 7 nitrogen and oxygen atoms in total. The van der Waals surface area contributed by atoms with Crippen LogP contribution in [0.4, 0.5) is 0 Å². The van der Waals surface area contributed by atoms with Crippen molar-refractivity contribution in [3.05, 3.63) is 53.9 Å². The molecule has 3 aromatic rings. The third-order valence-electron chi connectivity index (χ3n) is 3.97. The largest absolute Gasteiger partial charge is 0.497 e. The van der Waals surface area contributed by atoms with Crippen molar-refractivity contribution in [2.24, 2.45) is 5.73 Å². The van der Waals surface area contributed by atoms with Crippen LogP contribution in [0.2, 0.25) is 0 Å². The topological polar surface area (TPSA) is 95.3 Å². The summed E-state index contributed by atoms with van der Waals surface area (Å²) in [5.74, 6) is 3.17. The summed E-state index contributed by atoms with van der Waals surface area (Å²) in [6, 6.07) is 12.7. The van der Waals surface area contributed by atoms with Gasteiger partial charge in [0, 0.05) is 5.56 Å². The number of hydrogen-bond donors (Lipinski definition) is 2. The second-order valence-electron chi connectivity index (χ2n) is 5.60. The molecule has 26 heavy (non-hydrogen) atoms. The summed E-state index contributed by atoms with van der Waals surface area (Å²) in [5, 5.41) is 7.21. The maximum absolute atomic E-state index is 6.32. The summed E-state index contributed by atoms with van der Waals surface area (Å²) in [4.78, 5) is 4.54. The number of benzene rings is 2. The molecule has 0 saturated heterocycles. The van der Waals surface area contributed by atoms with Gasteiger partial charge in [-0.1, -0.05) is 12.1 Å². The highest BCUT2D eigenvalue weighted by atomic mass is 16.5. The molecular formula is C19H22N4O3. The number of nitrogens with two attached hydrogens (primary N) is 1. The molecule has 0 aliphatic heterocycles. The van der Waals surface area contributed by atoms with Gasteiger partial charge in [-0.3, -0.25) is 5.10 Å². The lowest BCUT2D eigenvalue weighted by Gasteiger charge is -2.10. The lowest BCUT2D eigenvalue weighted by molar-refractivity contribution is 0.311. The molecule has 0 radical (unpaired) electrons. The van der Waals surface area contributed by atoms with Crippen LogP contribution in [0.1, 0.15) is 24.4 Å². The number of nitrogens with zero attached hydrogens (tertiary/aromatic N) is 2. The van der Waals surface area contributed by atoms with Gasteiger partial charge in [0.1, 0.15) is 11.6 Å². The molecule has 7 heteroatoms. The molecule has 1 heterocycles. The summed E-state index contributed by atoms with van der Waals surface area (Å²) >= 11 is 0. The zero-order chi connectivity index (χ0) is 18.5. The van der Waals surface area contributed by atoms with E-state index in [9.17, 15) is 0 Å². The van der Waals surface area contributed by atoms with Crippen molar-refractivity contribution in [3.63, 3.8) is 0 Å². The van der Waals surface area contributed by atoms with Crippen LogP contribution in [0.25, 0.3) is 11.4 Å². The van der Waals surface area contributed by atoms with Gasteiger partial charge in [0.05, 0.1) is 26.9 Å². The van der Waals surface area contributed by atoms with Crippen LogP contribution in [0.5, 0.6) is 17.2 Å². The summed E-state index contributed by atoms with van der Waals surface area (Å²) < 4.78 is 16.2. The average Bonchev–Trinajstić information content (AvgIpc) is 3.18. The number of hydrogen-bond acceptors (Lipinski definition) is 6. The third kappa shape index (κ3) is 3.62. The monoisotopic (exact) mass is 354 g/mol. The van der Waals surface area contributed by atoms with Crippen molar-refractivity contribution < 1.29 is 14.2 Å². The first kappa shape index (κ1) is 17.8. The van der Waals surface area contributed by atoms with Crippen LogP contribution < -0.4 is 19.9 Å². The van der Waals surface area contributed by atoms with Crippen molar-refractivity contribution in [1.29, 1.82) is 0 Å². The minimum atomic E-state index is -0.434. The number of aromatic amines is 1. The van der Waals surface area contributed by atoms with E-state index < -0.39 is 6.04 Å². The van der Waals surface area contributed by atoms with Gasteiger partial charge in [0.25, 0.3) is 0 Å². The van der Waals surface area contributed by atoms with Crippen molar-refractivity contribution in [2.75, 3.05) is 20.8 Å². The average molecular weight is 354 g/mol. The van der Waals surface area contributed by atoms with E-state index in [1.165, 1.54) is 0 Å². The van der Waals surface area contributed by atoms with E-state index in [1.54, 1.807) is 14.2 Å². The second-order valence-corrected chi connectivity index (χ2v) is 5.60. The van der Waals surface area contributed by atoms with Crippen LogP contribution in [0.15, 0.2) is 42.5 Å². The van der Waals surface area contributed by atoms with E-state index in [2.05, 4.69) is 15.2 Å². The van der Waals surface area contributed by atoms with Crippen LogP contribution >= 0.6 is 0 Å². The molecule has 0 aliphatic carbocycles. The van der Waals surface area contributed by atoms with E-state index in [0.717, 1.165) is 16.9 Å². The van der Waals surface area contributed by atoms with E-state index in [0.29, 0.717) is 29.8 Å². The minimum absolute atomic E-state index is 0.434. The molecule has 1 atom stereocenters. The van der Waals surface area contributed by atoms with Crippen LogP contribution in [-0.2, 0) is 0 Å². The van der Waals surface area contributed by atoms with Crippen molar-refractivity contribution in [2.45, 2.75) is 13.0 Å². The predicted molar refractivity (Wildman–Crippen MR) is 98.6 cm³/mol. The van der Waals surface area contributed by atoms with Gasteiger partial charge in [-0.25, -0.2) is 4.98 Å².